The maximum absolute atomic E-state index is 12.0. The highest BCUT2D eigenvalue weighted by molar-refractivity contribution is 6.35. The van der Waals surface area contributed by atoms with Crippen molar-refractivity contribution in [2.24, 2.45) is 0 Å². The third kappa shape index (κ3) is 5.75. The third-order valence-electron chi connectivity index (χ3n) is 3.12. The zero-order valence-electron chi connectivity index (χ0n) is 13.1. The standard InChI is InChI=1S/C17H19Cl2N3O/c1-22(2)11-13-5-3-4-12(8-13)10-20-17(23)21-16-9-14(18)6-7-15(16)19/h3-9H,10-11H2,1-2H3,(H2,20,21,23). The first-order chi connectivity index (χ1) is 10.9. The van der Waals surface area contributed by atoms with Crippen LogP contribution < -0.4 is 10.6 Å². The van der Waals surface area contributed by atoms with Crippen molar-refractivity contribution >= 4 is 34.9 Å². The summed E-state index contributed by atoms with van der Waals surface area (Å²) in [5.74, 6) is 0. The van der Waals surface area contributed by atoms with Gasteiger partial charge in [-0.2, -0.15) is 0 Å². The van der Waals surface area contributed by atoms with Crippen LogP contribution in [0.25, 0.3) is 0 Å². The van der Waals surface area contributed by atoms with Gasteiger partial charge >= 0.3 is 6.03 Å². The summed E-state index contributed by atoms with van der Waals surface area (Å²) in [7, 11) is 4.04. The molecule has 0 aliphatic carbocycles. The average molecular weight is 352 g/mol. The van der Waals surface area contributed by atoms with Crippen LogP contribution in [0.1, 0.15) is 11.1 Å². The maximum atomic E-state index is 12.0. The summed E-state index contributed by atoms with van der Waals surface area (Å²) in [6.45, 7) is 1.30. The van der Waals surface area contributed by atoms with Gasteiger partial charge in [-0.05, 0) is 43.4 Å². The Labute approximate surface area is 146 Å². The van der Waals surface area contributed by atoms with Crippen molar-refractivity contribution in [3.8, 4) is 0 Å². The zero-order valence-corrected chi connectivity index (χ0v) is 14.6. The number of carbonyl (C=O) groups is 1. The molecule has 6 heteroatoms. The van der Waals surface area contributed by atoms with E-state index in [-0.39, 0.29) is 6.03 Å². The highest BCUT2D eigenvalue weighted by Crippen LogP contribution is 2.25. The molecule has 0 saturated heterocycles. The highest BCUT2D eigenvalue weighted by atomic mass is 35.5. The minimum absolute atomic E-state index is 0.327. The lowest BCUT2D eigenvalue weighted by atomic mass is 10.1. The minimum Gasteiger partial charge on any atom is -0.334 e. The summed E-state index contributed by atoms with van der Waals surface area (Å²) in [6, 6.07) is 12.7. The van der Waals surface area contributed by atoms with Crippen LogP contribution in [0.15, 0.2) is 42.5 Å². The molecule has 2 amide bonds. The predicted octanol–water partition coefficient (Wildman–Crippen LogP) is 4.38. The number of anilines is 1. The second-order valence-corrected chi connectivity index (χ2v) is 6.33. The lowest BCUT2D eigenvalue weighted by Crippen LogP contribution is -2.28. The highest BCUT2D eigenvalue weighted by Gasteiger charge is 2.06. The summed E-state index contributed by atoms with van der Waals surface area (Å²) in [5.41, 5.74) is 2.72. The van der Waals surface area contributed by atoms with E-state index < -0.39 is 0 Å². The van der Waals surface area contributed by atoms with Gasteiger partial charge in [0.15, 0.2) is 0 Å². The van der Waals surface area contributed by atoms with E-state index >= 15 is 0 Å². The quantitative estimate of drug-likeness (QED) is 0.839. The van der Waals surface area contributed by atoms with Gasteiger partial charge in [0.1, 0.15) is 0 Å². The van der Waals surface area contributed by atoms with Gasteiger partial charge in [-0.25, -0.2) is 4.79 Å². The average Bonchev–Trinajstić information content (AvgIpc) is 2.49. The Morgan fingerprint density at radius 2 is 1.83 bits per heavy atom. The monoisotopic (exact) mass is 351 g/mol. The molecule has 2 aromatic rings. The first kappa shape index (κ1) is 17.6. The van der Waals surface area contributed by atoms with Crippen LogP contribution in [0.5, 0.6) is 0 Å². The van der Waals surface area contributed by atoms with Crippen molar-refractivity contribution in [3.05, 3.63) is 63.6 Å². The smallest absolute Gasteiger partial charge is 0.319 e. The van der Waals surface area contributed by atoms with Gasteiger partial charge in [0.2, 0.25) is 0 Å². The Bertz CT molecular complexity index is 689. The lowest BCUT2D eigenvalue weighted by molar-refractivity contribution is 0.251. The molecular weight excluding hydrogens is 333 g/mol. The van der Waals surface area contributed by atoms with Gasteiger partial charge in [0.05, 0.1) is 10.7 Å². The van der Waals surface area contributed by atoms with E-state index in [0.717, 1.165) is 12.1 Å². The number of urea groups is 1. The fourth-order valence-electron chi connectivity index (χ4n) is 2.15. The number of benzene rings is 2. The summed E-state index contributed by atoms with van der Waals surface area (Å²) in [5, 5.41) is 6.46. The van der Waals surface area contributed by atoms with Gasteiger partial charge in [-0.15, -0.1) is 0 Å². The van der Waals surface area contributed by atoms with Crippen molar-refractivity contribution in [3.63, 3.8) is 0 Å². The number of nitrogens with one attached hydrogen (secondary N) is 2. The molecule has 0 bridgehead atoms. The molecule has 23 heavy (non-hydrogen) atoms. The number of hydrogen-bond acceptors (Lipinski definition) is 2. The molecule has 2 aromatic carbocycles. The van der Waals surface area contributed by atoms with E-state index in [2.05, 4.69) is 27.7 Å². The first-order valence-electron chi connectivity index (χ1n) is 7.16. The molecule has 0 aromatic heterocycles. The second kappa shape index (κ2) is 8.20. The fraction of sp³-hybridized carbons (Fsp3) is 0.235. The number of hydrogen-bond donors (Lipinski definition) is 2. The molecule has 122 valence electrons. The summed E-state index contributed by atoms with van der Waals surface area (Å²) < 4.78 is 0. The molecule has 0 saturated carbocycles. The molecule has 0 spiro atoms. The Kier molecular flexibility index (Phi) is 6.28. The Balaban J connectivity index is 1.93. The van der Waals surface area contributed by atoms with Crippen molar-refractivity contribution in [1.82, 2.24) is 10.2 Å². The van der Waals surface area contributed by atoms with E-state index in [1.807, 2.05) is 26.2 Å². The molecule has 0 aliphatic heterocycles. The third-order valence-corrected chi connectivity index (χ3v) is 3.68. The fourth-order valence-corrected chi connectivity index (χ4v) is 2.48. The number of rotatable bonds is 5. The SMILES string of the molecule is CN(C)Cc1cccc(CNC(=O)Nc2cc(Cl)ccc2Cl)c1. The molecule has 0 heterocycles. The van der Waals surface area contributed by atoms with Gasteiger partial charge in [-0.1, -0.05) is 47.5 Å². The van der Waals surface area contributed by atoms with Gasteiger partial charge in [0, 0.05) is 18.1 Å². The number of halogens is 2. The van der Waals surface area contributed by atoms with E-state index in [4.69, 9.17) is 23.2 Å². The molecule has 0 unspecified atom stereocenters. The van der Waals surface area contributed by atoms with Crippen LogP contribution in [0, 0.1) is 0 Å². The van der Waals surface area contributed by atoms with E-state index in [0.29, 0.717) is 22.3 Å². The Hall–Kier alpha value is -1.75. The second-order valence-electron chi connectivity index (χ2n) is 5.49. The van der Waals surface area contributed by atoms with Crippen molar-refractivity contribution < 1.29 is 4.79 Å². The van der Waals surface area contributed by atoms with E-state index in [1.54, 1.807) is 18.2 Å². The van der Waals surface area contributed by atoms with Gasteiger partial charge in [-0.3, -0.25) is 0 Å². The molecule has 4 nitrogen and oxygen atoms in total. The number of carbonyl (C=O) groups excluding carboxylic acids is 1. The Morgan fingerprint density at radius 1 is 1.09 bits per heavy atom. The number of amides is 2. The molecule has 0 fully saturated rings. The van der Waals surface area contributed by atoms with Crippen molar-refractivity contribution in [2.75, 3.05) is 19.4 Å². The minimum atomic E-state index is -0.327. The lowest BCUT2D eigenvalue weighted by Gasteiger charge is -2.12. The number of nitrogens with zero attached hydrogens (tertiary/aromatic N) is 1. The van der Waals surface area contributed by atoms with Crippen LogP contribution in [0.4, 0.5) is 10.5 Å². The Morgan fingerprint density at radius 3 is 2.57 bits per heavy atom. The van der Waals surface area contributed by atoms with Gasteiger partial charge < -0.3 is 15.5 Å². The van der Waals surface area contributed by atoms with Crippen molar-refractivity contribution in [2.45, 2.75) is 13.1 Å². The van der Waals surface area contributed by atoms with Crippen LogP contribution in [-0.4, -0.2) is 25.0 Å². The van der Waals surface area contributed by atoms with E-state index in [1.165, 1.54) is 5.56 Å². The summed E-state index contributed by atoms with van der Waals surface area (Å²) in [6.07, 6.45) is 0. The summed E-state index contributed by atoms with van der Waals surface area (Å²) >= 11 is 11.9. The van der Waals surface area contributed by atoms with Crippen LogP contribution >= 0.6 is 23.2 Å². The molecular formula is C17H19Cl2N3O. The van der Waals surface area contributed by atoms with Gasteiger partial charge in [0.25, 0.3) is 0 Å². The largest absolute Gasteiger partial charge is 0.334 e. The zero-order chi connectivity index (χ0) is 16.8. The van der Waals surface area contributed by atoms with Crippen LogP contribution in [-0.2, 0) is 13.1 Å². The maximum Gasteiger partial charge on any atom is 0.319 e. The molecule has 0 atom stereocenters. The topological polar surface area (TPSA) is 44.4 Å². The van der Waals surface area contributed by atoms with Crippen LogP contribution in [0.2, 0.25) is 10.0 Å². The van der Waals surface area contributed by atoms with Crippen LogP contribution in [0.3, 0.4) is 0 Å². The summed E-state index contributed by atoms with van der Waals surface area (Å²) in [4.78, 5) is 14.1. The van der Waals surface area contributed by atoms with E-state index in [9.17, 15) is 4.79 Å². The predicted molar refractivity (Wildman–Crippen MR) is 96.2 cm³/mol. The van der Waals surface area contributed by atoms with Crippen molar-refractivity contribution in [1.29, 1.82) is 0 Å². The molecule has 0 aliphatic rings. The molecule has 2 N–H and O–H groups in total. The molecule has 0 radical (unpaired) electrons. The normalized spacial score (nSPS) is 10.7. The molecule has 2 rings (SSSR count). The first-order valence-corrected chi connectivity index (χ1v) is 7.92.